The predicted molar refractivity (Wildman–Crippen MR) is 124 cm³/mol. The lowest BCUT2D eigenvalue weighted by molar-refractivity contribution is -0.384. The molecule has 0 atom stereocenters. The number of nitrogens with zero attached hydrogens (tertiary/aromatic N) is 2. The van der Waals surface area contributed by atoms with Gasteiger partial charge in [0.2, 0.25) is 0 Å². The maximum Gasteiger partial charge on any atom is 0.269 e. The molecule has 0 radical (unpaired) electrons. The van der Waals surface area contributed by atoms with Gasteiger partial charge in [-0.2, -0.15) is 5.26 Å². The zero-order valence-electron chi connectivity index (χ0n) is 18.0. The fourth-order valence-corrected chi connectivity index (χ4v) is 3.32. The maximum absolute atomic E-state index is 14.2. The summed E-state index contributed by atoms with van der Waals surface area (Å²) in [6.07, 6.45) is 3.73. The molecule has 0 fully saturated rings. The second-order valence-corrected chi connectivity index (χ2v) is 7.07. The van der Waals surface area contributed by atoms with E-state index in [9.17, 15) is 19.8 Å². The van der Waals surface area contributed by atoms with Crippen LogP contribution in [0.4, 0.5) is 10.1 Å². The van der Waals surface area contributed by atoms with Crippen molar-refractivity contribution in [3.05, 3.63) is 112 Å². The van der Waals surface area contributed by atoms with Crippen molar-refractivity contribution in [2.45, 2.75) is 13.0 Å². The molecule has 7 heteroatoms. The summed E-state index contributed by atoms with van der Waals surface area (Å²) in [6, 6.07) is 17.8. The van der Waals surface area contributed by atoms with Crippen LogP contribution in [0.15, 0.2) is 73.3 Å². The van der Waals surface area contributed by atoms with Crippen molar-refractivity contribution < 1.29 is 18.8 Å². The quantitative estimate of drug-likeness (QED) is 0.131. The fourth-order valence-electron chi connectivity index (χ4n) is 3.32. The molecule has 0 aliphatic rings. The summed E-state index contributed by atoms with van der Waals surface area (Å²) < 4.78 is 25.7. The first-order valence-corrected chi connectivity index (χ1v) is 10.0. The summed E-state index contributed by atoms with van der Waals surface area (Å²) in [5.41, 5.74) is 2.36. The zero-order chi connectivity index (χ0) is 23.8. The standard InChI is InChI=1S/C26H21FN2O4/c1-3-7-20-12-19(13-21(16-28)23-10-4-5-11-24(23)27)15-25(32-2)26(20)33-17-18-8-6-9-22(14-18)29(30)31/h3-6,8-15H,1,7,17H2,2H3. The number of halogens is 1. The van der Waals surface area contributed by atoms with Gasteiger partial charge in [-0.3, -0.25) is 10.1 Å². The van der Waals surface area contributed by atoms with Crippen molar-refractivity contribution in [3.63, 3.8) is 0 Å². The summed E-state index contributed by atoms with van der Waals surface area (Å²) in [6.45, 7) is 3.87. The fraction of sp³-hybridized carbons (Fsp3) is 0.115. The van der Waals surface area contributed by atoms with Crippen molar-refractivity contribution in [2.24, 2.45) is 0 Å². The molecule has 0 saturated heterocycles. The lowest BCUT2D eigenvalue weighted by Crippen LogP contribution is -2.02. The molecule has 3 aromatic carbocycles. The molecule has 0 spiro atoms. The molecule has 3 aromatic rings. The van der Waals surface area contributed by atoms with E-state index in [1.165, 1.54) is 25.3 Å². The number of nitro benzene ring substituents is 1. The normalized spacial score (nSPS) is 10.9. The van der Waals surface area contributed by atoms with Crippen molar-refractivity contribution in [2.75, 3.05) is 7.11 Å². The molecule has 0 saturated carbocycles. The van der Waals surface area contributed by atoms with Crippen LogP contribution in [0.3, 0.4) is 0 Å². The molecule has 0 heterocycles. The highest BCUT2D eigenvalue weighted by Gasteiger charge is 2.15. The van der Waals surface area contributed by atoms with Crippen LogP contribution in [0.2, 0.25) is 0 Å². The van der Waals surface area contributed by atoms with E-state index in [-0.39, 0.29) is 23.4 Å². The summed E-state index contributed by atoms with van der Waals surface area (Å²) in [7, 11) is 1.49. The van der Waals surface area contributed by atoms with E-state index in [1.807, 2.05) is 12.1 Å². The van der Waals surface area contributed by atoms with Crippen molar-refractivity contribution in [1.82, 2.24) is 0 Å². The first-order valence-electron chi connectivity index (χ1n) is 10.0. The average Bonchev–Trinajstić information content (AvgIpc) is 2.82. The van der Waals surface area contributed by atoms with Crippen LogP contribution in [0, 0.1) is 27.3 Å². The Morgan fingerprint density at radius 1 is 1.21 bits per heavy atom. The summed E-state index contributed by atoms with van der Waals surface area (Å²) in [4.78, 5) is 10.6. The van der Waals surface area contributed by atoms with Crippen LogP contribution < -0.4 is 9.47 Å². The molecule has 3 rings (SSSR count). The number of non-ortho nitro benzene ring substituents is 1. The van der Waals surface area contributed by atoms with E-state index >= 15 is 0 Å². The monoisotopic (exact) mass is 444 g/mol. The molecular formula is C26H21FN2O4. The molecule has 0 N–H and O–H groups in total. The van der Waals surface area contributed by atoms with Crippen LogP contribution >= 0.6 is 0 Å². The number of nitriles is 1. The van der Waals surface area contributed by atoms with Gasteiger partial charge in [-0.15, -0.1) is 6.58 Å². The van der Waals surface area contributed by atoms with Crippen molar-refractivity contribution in [1.29, 1.82) is 5.26 Å². The van der Waals surface area contributed by atoms with Crippen molar-refractivity contribution >= 4 is 17.3 Å². The molecule has 0 amide bonds. The minimum absolute atomic E-state index is 0.0213. The van der Waals surface area contributed by atoms with Crippen LogP contribution in [-0.4, -0.2) is 12.0 Å². The number of hydrogen-bond acceptors (Lipinski definition) is 5. The summed E-state index contributed by atoms with van der Waals surface area (Å²) >= 11 is 0. The number of nitro groups is 1. The Labute approximate surface area is 191 Å². The SMILES string of the molecule is C=CCc1cc(C=C(C#N)c2ccccc2F)cc(OC)c1OCc1cccc([N+](=O)[O-])c1. The highest BCUT2D eigenvalue weighted by Crippen LogP contribution is 2.35. The number of methoxy groups -OCH3 is 1. The van der Waals surface area contributed by atoms with Gasteiger partial charge in [-0.1, -0.05) is 36.4 Å². The van der Waals surface area contributed by atoms with E-state index in [2.05, 4.69) is 6.58 Å². The van der Waals surface area contributed by atoms with Gasteiger partial charge in [0.15, 0.2) is 11.5 Å². The maximum atomic E-state index is 14.2. The Hall–Kier alpha value is -4.44. The molecule has 0 bridgehead atoms. The van der Waals surface area contributed by atoms with E-state index in [0.29, 0.717) is 29.0 Å². The second-order valence-electron chi connectivity index (χ2n) is 7.07. The number of allylic oxidation sites excluding steroid dienone is 2. The summed E-state index contributed by atoms with van der Waals surface area (Å²) in [5, 5.41) is 20.6. The minimum Gasteiger partial charge on any atom is -0.493 e. The third kappa shape index (κ3) is 5.63. The third-order valence-electron chi connectivity index (χ3n) is 4.84. The van der Waals surface area contributed by atoms with Gasteiger partial charge in [-0.05, 0) is 41.8 Å². The van der Waals surface area contributed by atoms with Gasteiger partial charge in [-0.25, -0.2) is 4.39 Å². The molecule has 0 aromatic heterocycles. The van der Waals surface area contributed by atoms with Crippen LogP contribution in [0.5, 0.6) is 11.5 Å². The van der Waals surface area contributed by atoms with Gasteiger partial charge < -0.3 is 9.47 Å². The molecule has 33 heavy (non-hydrogen) atoms. The smallest absolute Gasteiger partial charge is 0.269 e. The van der Waals surface area contributed by atoms with E-state index in [0.717, 1.165) is 5.56 Å². The largest absolute Gasteiger partial charge is 0.493 e. The number of hydrogen-bond donors (Lipinski definition) is 0. The zero-order valence-corrected chi connectivity index (χ0v) is 18.0. The number of rotatable bonds is 9. The lowest BCUT2D eigenvalue weighted by atomic mass is 10.0. The van der Waals surface area contributed by atoms with Crippen LogP contribution in [0.25, 0.3) is 11.6 Å². The highest BCUT2D eigenvalue weighted by atomic mass is 19.1. The Balaban J connectivity index is 1.98. The molecule has 0 aliphatic carbocycles. The third-order valence-corrected chi connectivity index (χ3v) is 4.84. The minimum atomic E-state index is -0.486. The second kappa shape index (κ2) is 10.7. The van der Waals surface area contributed by atoms with Crippen molar-refractivity contribution in [3.8, 4) is 17.6 Å². The Bertz CT molecular complexity index is 1260. The Kier molecular flexibility index (Phi) is 7.55. The van der Waals surface area contributed by atoms with Gasteiger partial charge in [0.05, 0.1) is 23.7 Å². The predicted octanol–water partition coefficient (Wildman–Crippen LogP) is 6.11. The molecule has 166 valence electrons. The van der Waals surface area contributed by atoms with E-state index in [4.69, 9.17) is 9.47 Å². The van der Waals surface area contributed by atoms with E-state index < -0.39 is 10.7 Å². The Morgan fingerprint density at radius 2 is 2.00 bits per heavy atom. The lowest BCUT2D eigenvalue weighted by Gasteiger charge is -2.16. The topological polar surface area (TPSA) is 85.4 Å². The Morgan fingerprint density at radius 3 is 2.67 bits per heavy atom. The van der Waals surface area contributed by atoms with Crippen LogP contribution in [-0.2, 0) is 13.0 Å². The molecule has 0 unspecified atom stereocenters. The molecule has 0 aliphatic heterocycles. The molecular weight excluding hydrogens is 423 g/mol. The van der Waals surface area contributed by atoms with Gasteiger partial charge in [0, 0.05) is 23.3 Å². The molecule has 6 nitrogen and oxygen atoms in total. The first kappa shape index (κ1) is 23.2. The number of benzene rings is 3. The van der Waals surface area contributed by atoms with Gasteiger partial charge in [0.1, 0.15) is 12.4 Å². The van der Waals surface area contributed by atoms with Gasteiger partial charge >= 0.3 is 0 Å². The van der Waals surface area contributed by atoms with E-state index in [1.54, 1.807) is 48.6 Å². The van der Waals surface area contributed by atoms with Crippen LogP contribution in [0.1, 0.15) is 22.3 Å². The van der Waals surface area contributed by atoms with Gasteiger partial charge in [0.25, 0.3) is 5.69 Å². The number of ether oxygens (including phenoxy) is 2. The average molecular weight is 444 g/mol. The highest BCUT2D eigenvalue weighted by molar-refractivity contribution is 5.90. The summed E-state index contributed by atoms with van der Waals surface area (Å²) in [5.74, 6) is 0.391. The first-order chi connectivity index (χ1) is 16.0.